The lowest BCUT2D eigenvalue weighted by Crippen LogP contribution is -2.59. The summed E-state index contributed by atoms with van der Waals surface area (Å²) in [6, 6.07) is 10.7. The molecule has 1 aromatic heterocycles. The van der Waals surface area contributed by atoms with Gasteiger partial charge in [0.25, 0.3) is 11.8 Å². The van der Waals surface area contributed by atoms with Gasteiger partial charge in [-0.2, -0.15) is 0 Å². The lowest BCUT2D eigenvalue weighted by molar-refractivity contribution is -0.145. The molecule has 4 aromatic rings. The Labute approximate surface area is 467 Å². The van der Waals surface area contributed by atoms with Crippen molar-refractivity contribution in [3.05, 3.63) is 98.0 Å². The number of alkyl halides is 1. The van der Waals surface area contributed by atoms with Crippen LogP contribution in [-0.2, 0) is 24.0 Å². The van der Waals surface area contributed by atoms with Gasteiger partial charge in [-0.3, -0.25) is 28.8 Å². The third-order valence-electron chi connectivity index (χ3n) is 14.1. The van der Waals surface area contributed by atoms with E-state index in [9.17, 15) is 46.6 Å². The predicted molar refractivity (Wildman–Crippen MR) is 298 cm³/mol. The van der Waals surface area contributed by atoms with Gasteiger partial charge in [-0.05, 0) is 102 Å². The molecule has 4 atom stereocenters. The van der Waals surface area contributed by atoms with Crippen LogP contribution in [0.1, 0.15) is 164 Å². The third-order valence-corrected chi connectivity index (χ3v) is 15.7. The number of halogens is 5. The Balaban J connectivity index is 0.839. The third kappa shape index (κ3) is 18.2. The number of nitrogens with zero attached hydrogens (tertiary/aromatic N) is 2. The number of hydrogen-bond acceptors (Lipinski definition) is 10. The highest BCUT2D eigenvalue weighted by Crippen LogP contribution is 2.41. The summed E-state index contributed by atoms with van der Waals surface area (Å²) >= 11 is 3.44. The van der Waals surface area contributed by atoms with Crippen LogP contribution >= 0.6 is 33.9 Å². The number of amides is 5. The Hall–Kier alpha value is -5.19. The number of anilines is 2. The first-order valence-corrected chi connectivity index (χ1v) is 28.9. The molecule has 420 valence electrons. The Morgan fingerprint density at radius 3 is 2.05 bits per heavy atom. The van der Waals surface area contributed by atoms with E-state index < -0.39 is 82.1 Å². The van der Waals surface area contributed by atoms with Crippen molar-refractivity contribution in [1.29, 1.82) is 0 Å². The van der Waals surface area contributed by atoms with Crippen molar-refractivity contribution in [3.8, 4) is 10.4 Å². The molecule has 1 saturated heterocycles. The van der Waals surface area contributed by atoms with Crippen molar-refractivity contribution >= 4 is 74.8 Å². The van der Waals surface area contributed by atoms with Crippen LogP contribution in [0.15, 0.2) is 60.1 Å². The Morgan fingerprint density at radius 1 is 0.844 bits per heavy atom. The summed E-state index contributed by atoms with van der Waals surface area (Å²) in [6.07, 6.45) is 13.7. The van der Waals surface area contributed by atoms with Gasteiger partial charge >= 0.3 is 0 Å². The molecule has 0 spiro atoms. The fraction of sp³-hybridized carbons (Fsp3) is 0.544. The van der Waals surface area contributed by atoms with E-state index in [0.717, 1.165) is 92.5 Å². The Morgan fingerprint density at radius 2 is 1.47 bits per heavy atom. The zero-order valence-electron chi connectivity index (χ0n) is 44.5. The number of rotatable bonds is 30. The van der Waals surface area contributed by atoms with E-state index >= 15 is 0 Å². The van der Waals surface area contributed by atoms with E-state index in [0.29, 0.717) is 22.1 Å². The maximum atomic E-state index is 14.7. The first kappa shape index (κ1) is 61.0. The molecule has 5 amide bonds. The van der Waals surface area contributed by atoms with Crippen molar-refractivity contribution in [2.45, 2.75) is 173 Å². The summed E-state index contributed by atoms with van der Waals surface area (Å²) in [7, 11) is 0. The van der Waals surface area contributed by atoms with Gasteiger partial charge in [0.15, 0.2) is 17.3 Å². The van der Waals surface area contributed by atoms with Gasteiger partial charge in [0, 0.05) is 23.1 Å². The van der Waals surface area contributed by atoms with Crippen LogP contribution in [0.25, 0.3) is 10.4 Å². The summed E-state index contributed by atoms with van der Waals surface area (Å²) in [5, 5.41) is 21.9. The second-order valence-corrected chi connectivity index (χ2v) is 23.5. The van der Waals surface area contributed by atoms with Crippen LogP contribution in [-0.4, -0.2) is 88.1 Å². The molecule has 14 nitrogen and oxygen atoms in total. The highest BCUT2D eigenvalue weighted by atomic mass is 127. The van der Waals surface area contributed by atoms with Crippen molar-refractivity contribution in [2.75, 3.05) is 25.0 Å². The lowest BCUT2D eigenvalue weighted by atomic mass is 9.85. The van der Waals surface area contributed by atoms with Crippen LogP contribution in [0.5, 0.6) is 0 Å². The first-order valence-electron chi connectivity index (χ1n) is 26.9. The van der Waals surface area contributed by atoms with Crippen molar-refractivity contribution in [2.24, 2.45) is 5.41 Å². The zero-order chi connectivity index (χ0) is 55.7. The number of aliphatic hydroxyl groups excluding tert-OH is 1. The number of carbonyl (C=O) groups is 5. The molecule has 2 heterocycles. The summed E-state index contributed by atoms with van der Waals surface area (Å²) < 4.78 is 58.5. The first-order chi connectivity index (χ1) is 36.7. The second kappa shape index (κ2) is 29.1. The molecule has 2 aliphatic rings. The van der Waals surface area contributed by atoms with Gasteiger partial charge in [-0.15, -0.1) is 11.3 Å². The van der Waals surface area contributed by atoms with E-state index in [1.807, 2.05) is 53.8 Å². The number of thiazole rings is 1. The number of benzene rings is 3. The van der Waals surface area contributed by atoms with Crippen LogP contribution in [0.2, 0.25) is 0 Å². The summed E-state index contributed by atoms with van der Waals surface area (Å²) in [5.74, 6) is -6.17. The van der Waals surface area contributed by atoms with Crippen LogP contribution in [0.4, 0.5) is 28.9 Å². The van der Waals surface area contributed by atoms with Gasteiger partial charge in [0.1, 0.15) is 17.9 Å². The van der Waals surface area contributed by atoms with Crippen LogP contribution in [0, 0.1) is 33.4 Å². The molecule has 0 bridgehead atoms. The molecule has 0 radical (unpaired) electrons. The van der Waals surface area contributed by atoms with Crippen LogP contribution in [0.3, 0.4) is 0 Å². The maximum absolute atomic E-state index is 14.7. The van der Waals surface area contributed by atoms with E-state index in [1.165, 1.54) is 47.6 Å². The second-order valence-electron chi connectivity index (χ2n) is 21.4. The average molecular weight is 1200 g/mol. The fourth-order valence-corrected chi connectivity index (χ4v) is 10.6. The fourth-order valence-electron chi connectivity index (χ4n) is 9.35. The molecule has 1 aliphatic carbocycles. The minimum absolute atomic E-state index is 0.0385. The summed E-state index contributed by atoms with van der Waals surface area (Å²) in [6.45, 7) is 7.77. The zero-order valence-corrected chi connectivity index (χ0v) is 47.5. The van der Waals surface area contributed by atoms with Gasteiger partial charge in [0.05, 0.1) is 58.2 Å². The Bertz CT molecular complexity index is 2630. The van der Waals surface area contributed by atoms with Crippen molar-refractivity contribution in [1.82, 2.24) is 31.3 Å². The highest BCUT2D eigenvalue weighted by molar-refractivity contribution is 14.1. The smallest absolute Gasteiger partial charge is 0.277 e. The highest BCUT2D eigenvalue weighted by Gasteiger charge is 2.53. The largest absolute Gasteiger partial charge is 0.391 e. The molecule has 1 unspecified atom stereocenters. The molecule has 2 fully saturated rings. The molecule has 6 N–H and O–H groups in total. The lowest BCUT2D eigenvalue weighted by Gasteiger charge is -2.36. The quantitative estimate of drug-likeness (QED) is 0.0128. The maximum Gasteiger partial charge on any atom is 0.277 e. The summed E-state index contributed by atoms with van der Waals surface area (Å²) in [4.78, 5) is 79.2. The van der Waals surface area contributed by atoms with E-state index in [1.54, 1.807) is 32.3 Å². The number of likely N-dealkylation sites (tertiary alicyclic amines) is 1. The van der Waals surface area contributed by atoms with E-state index in [-0.39, 0.29) is 56.0 Å². The summed E-state index contributed by atoms with van der Waals surface area (Å²) in [5.41, 5.74) is 2.94. The number of aliphatic hydroxyl groups is 1. The number of nitrogens with one attached hydrogen (secondary N) is 5. The number of hydroxylamine groups is 1. The molecule has 6 rings (SSSR count). The van der Waals surface area contributed by atoms with Gasteiger partial charge in [-0.25, -0.2) is 28.0 Å². The molecule has 3 aromatic carbocycles. The number of aryl methyl sites for hydroxylation is 1. The monoisotopic (exact) mass is 1200 g/mol. The number of aromatic nitrogens is 1. The van der Waals surface area contributed by atoms with E-state index in [2.05, 4.69) is 31.7 Å². The van der Waals surface area contributed by atoms with Crippen LogP contribution < -0.4 is 26.7 Å². The molecular formula is C57H74F4IN7O7S. The molecule has 1 aliphatic heterocycles. The predicted octanol–water partition coefficient (Wildman–Crippen LogP) is 11.4. The number of carbonyl (C=O) groups excluding carboxylic acids is 5. The normalized spacial score (nSPS) is 16.6. The van der Waals surface area contributed by atoms with Gasteiger partial charge in [0.2, 0.25) is 17.7 Å². The molecule has 77 heavy (non-hydrogen) atoms. The minimum atomic E-state index is -2.00. The number of unbranched alkanes of at least 4 members (excludes halogenated alkanes) is 13. The Kier molecular flexibility index (Phi) is 23.1. The SMILES string of the molecule is Cc1ncsc1-c1ccc([C@H](CC(=O)NCCCCCCCCCCCCCCCCONC(=O)c2ccc(F)c(F)c2Nc2ccc(I)cc2F)NC(=O)[C@@H]2C[C@@H](O)CN2C(=O)C(NC(=O)C2(F)CC2)C(C)(C)C)cc1. The molecule has 1 saturated carbocycles. The molecule has 20 heteroatoms. The van der Waals surface area contributed by atoms with Crippen molar-refractivity contribution in [3.63, 3.8) is 0 Å². The molecular weight excluding hydrogens is 1130 g/mol. The van der Waals surface area contributed by atoms with Crippen molar-refractivity contribution < 1.29 is 51.5 Å². The minimum Gasteiger partial charge on any atom is -0.391 e. The van der Waals surface area contributed by atoms with Gasteiger partial charge in [-0.1, -0.05) is 122 Å². The standard InChI is InChI=1S/C57H74F4IN7O7S/c1-36-50(77-35-64-36)38-21-19-37(20-22-38)45(66-53(73)46-32-40(70)34-69(46)54(74)51(56(2,3)4)67-55(75)57(61)27-28-57)33-47(71)63-29-17-15-13-11-9-7-5-6-8-10-12-14-16-18-30-76-68-52(72)41-24-25-42(58)48(60)49(41)65-44-26-23-39(62)31-43(44)59/h19-26,31,35,40,45-46,51,65,70H,5-18,27-30,32-34H2,1-4H3,(H,63,71)(H,66,73)(H,67,75)(H,68,72)/t40-,45+,46+,51?/m1/s1. The average Bonchev–Trinajstić information content (AvgIpc) is 3.82. The topological polar surface area (TPSA) is 191 Å². The van der Waals surface area contributed by atoms with E-state index in [4.69, 9.17) is 4.84 Å². The number of hydrogen-bond donors (Lipinski definition) is 6. The van der Waals surface area contributed by atoms with Gasteiger partial charge < -0.3 is 31.3 Å². The number of β-amino-alcohol motifs (C(OH)–C–C–N with tert-alkyl or cyclic N) is 1.